The minimum absolute atomic E-state index is 0.366. The molecule has 6 heteroatoms. The SMILES string of the molecule is COc1ccc(Cl)cc1-n1nnc(CN)c1CC(C)C. The molecule has 0 aliphatic heterocycles. The lowest BCUT2D eigenvalue weighted by atomic mass is 10.1. The third-order valence-electron chi connectivity index (χ3n) is 3.01. The van der Waals surface area contributed by atoms with E-state index in [0.717, 1.165) is 23.5 Å². The first kappa shape index (κ1) is 14.8. The predicted octanol–water partition coefficient (Wildman–Crippen LogP) is 2.59. The van der Waals surface area contributed by atoms with E-state index in [1.54, 1.807) is 17.9 Å². The van der Waals surface area contributed by atoms with Crippen molar-refractivity contribution in [2.75, 3.05) is 7.11 Å². The van der Waals surface area contributed by atoms with Crippen molar-refractivity contribution in [3.63, 3.8) is 0 Å². The second-order valence-electron chi connectivity index (χ2n) is 5.01. The fourth-order valence-electron chi connectivity index (χ4n) is 2.10. The van der Waals surface area contributed by atoms with Crippen molar-refractivity contribution < 1.29 is 4.74 Å². The van der Waals surface area contributed by atoms with Crippen LogP contribution in [0.1, 0.15) is 25.2 Å². The van der Waals surface area contributed by atoms with Crippen molar-refractivity contribution in [1.82, 2.24) is 15.0 Å². The summed E-state index contributed by atoms with van der Waals surface area (Å²) < 4.78 is 7.15. The van der Waals surface area contributed by atoms with E-state index in [-0.39, 0.29) is 0 Å². The fourth-order valence-corrected chi connectivity index (χ4v) is 2.27. The van der Waals surface area contributed by atoms with Crippen LogP contribution in [0.4, 0.5) is 0 Å². The number of rotatable bonds is 5. The summed E-state index contributed by atoms with van der Waals surface area (Å²) in [4.78, 5) is 0. The number of nitrogens with zero attached hydrogens (tertiary/aromatic N) is 3. The first-order chi connectivity index (χ1) is 9.56. The average molecular weight is 295 g/mol. The average Bonchev–Trinajstić information content (AvgIpc) is 2.80. The van der Waals surface area contributed by atoms with E-state index in [9.17, 15) is 0 Å². The van der Waals surface area contributed by atoms with Crippen LogP contribution in [0, 0.1) is 5.92 Å². The third kappa shape index (κ3) is 2.94. The van der Waals surface area contributed by atoms with Gasteiger partial charge in [0.15, 0.2) is 0 Å². The summed E-state index contributed by atoms with van der Waals surface area (Å²) in [6.07, 6.45) is 0.842. The van der Waals surface area contributed by atoms with Gasteiger partial charge in [-0.1, -0.05) is 30.7 Å². The molecule has 1 aromatic heterocycles. The molecule has 2 N–H and O–H groups in total. The van der Waals surface area contributed by atoms with Gasteiger partial charge in [0.2, 0.25) is 0 Å². The van der Waals surface area contributed by atoms with Crippen LogP contribution in [0.5, 0.6) is 5.75 Å². The molecule has 0 saturated heterocycles. The van der Waals surface area contributed by atoms with Crippen LogP contribution >= 0.6 is 11.6 Å². The Balaban J connectivity index is 2.57. The van der Waals surface area contributed by atoms with Gasteiger partial charge in [-0.2, -0.15) is 0 Å². The molecule has 0 saturated carbocycles. The normalized spacial score (nSPS) is 11.1. The van der Waals surface area contributed by atoms with Crippen LogP contribution in [0.15, 0.2) is 18.2 Å². The van der Waals surface area contributed by atoms with Gasteiger partial charge in [0.1, 0.15) is 11.4 Å². The molecule has 0 atom stereocenters. The molecule has 0 aliphatic rings. The van der Waals surface area contributed by atoms with Crippen molar-refractivity contribution in [2.24, 2.45) is 11.7 Å². The fraction of sp³-hybridized carbons (Fsp3) is 0.429. The lowest BCUT2D eigenvalue weighted by molar-refractivity contribution is 0.410. The highest BCUT2D eigenvalue weighted by Gasteiger charge is 2.17. The van der Waals surface area contributed by atoms with E-state index in [0.29, 0.717) is 23.2 Å². The second-order valence-corrected chi connectivity index (χ2v) is 5.45. The van der Waals surface area contributed by atoms with Gasteiger partial charge in [-0.15, -0.1) is 5.10 Å². The van der Waals surface area contributed by atoms with E-state index >= 15 is 0 Å². The standard InChI is InChI=1S/C14H19ClN4O/c1-9(2)6-12-11(8-16)17-18-19(12)13-7-10(15)4-5-14(13)20-3/h4-5,7,9H,6,8,16H2,1-3H3. The summed E-state index contributed by atoms with van der Waals surface area (Å²) >= 11 is 6.08. The van der Waals surface area contributed by atoms with Gasteiger partial charge in [0.05, 0.1) is 18.5 Å². The van der Waals surface area contributed by atoms with Crippen molar-refractivity contribution >= 4 is 11.6 Å². The van der Waals surface area contributed by atoms with Crippen molar-refractivity contribution in [2.45, 2.75) is 26.8 Å². The van der Waals surface area contributed by atoms with Crippen molar-refractivity contribution in [3.8, 4) is 11.4 Å². The first-order valence-corrected chi connectivity index (χ1v) is 6.92. The highest BCUT2D eigenvalue weighted by molar-refractivity contribution is 6.30. The number of nitrogens with two attached hydrogens (primary N) is 1. The Hall–Kier alpha value is -1.59. The molecule has 20 heavy (non-hydrogen) atoms. The number of aromatic nitrogens is 3. The molecule has 0 fully saturated rings. The zero-order valence-electron chi connectivity index (χ0n) is 11.9. The molecule has 0 radical (unpaired) electrons. The second kappa shape index (κ2) is 6.24. The molecule has 1 aromatic carbocycles. The van der Waals surface area contributed by atoms with Gasteiger partial charge < -0.3 is 10.5 Å². The monoisotopic (exact) mass is 294 g/mol. The van der Waals surface area contributed by atoms with Gasteiger partial charge in [0.25, 0.3) is 0 Å². The van der Waals surface area contributed by atoms with Gasteiger partial charge in [-0.25, -0.2) is 4.68 Å². The van der Waals surface area contributed by atoms with Gasteiger partial charge in [0, 0.05) is 11.6 Å². The summed E-state index contributed by atoms with van der Waals surface area (Å²) in [5.74, 6) is 1.18. The summed E-state index contributed by atoms with van der Waals surface area (Å²) in [5, 5.41) is 8.99. The van der Waals surface area contributed by atoms with E-state index in [1.807, 2.05) is 12.1 Å². The largest absolute Gasteiger partial charge is 0.494 e. The summed E-state index contributed by atoms with van der Waals surface area (Å²) in [5.41, 5.74) is 8.33. The zero-order valence-corrected chi connectivity index (χ0v) is 12.7. The van der Waals surface area contributed by atoms with Gasteiger partial charge in [-0.3, -0.25) is 0 Å². The van der Waals surface area contributed by atoms with Crippen LogP contribution in [0.3, 0.4) is 0 Å². The van der Waals surface area contributed by atoms with E-state index < -0.39 is 0 Å². The summed E-state index contributed by atoms with van der Waals surface area (Å²) in [6.45, 7) is 4.66. The summed E-state index contributed by atoms with van der Waals surface area (Å²) in [6, 6.07) is 5.42. The van der Waals surface area contributed by atoms with Gasteiger partial charge in [-0.05, 0) is 30.5 Å². The Morgan fingerprint density at radius 3 is 2.75 bits per heavy atom. The number of ether oxygens (including phenoxy) is 1. The summed E-state index contributed by atoms with van der Waals surface area (Å²) in [7, 11) is 1.62. The molecule has 0 aliphatic carbocycles. The smallest absolute Gasteiger partial charge is 0.144 e. The molecule has 0 spiro atoms. The molecular weight excluding hydrogens is 276 g/mol. The Labute approximate surface area is 123 Å². The molecular formula is C14H19ClN4O. The lowest BCUT2D eigenvalue weighted by Crippen LogP contribution is -2.10. The highest BCUT2D eigenvalue weighted by Crippen LogP contribution is 2.28. The van der Waals surface area contributed by atoms with Crippen molar-refractivity contribution in [3.05, 3.63) is 34.6 Å². The molecule has 5 nitrogen and oxygen atoms in total. The first-order valence-electron chi connectivity index (χ1n) is 6.54. The molecule has 1 heterocycles. The number of hydrogen-bond donors (Lipinski definition) is 1. The predicted molar refractivity (Wildman–Crippen MR) is 79.4 cm³/mol. The maximum Gasteiger partial charge on any atom is 0.144 e. The van der Waals surface area contributed by atoms with Crippen molar-refractivity contribution in [1.29, 1.82) is 0 Å². The quantitative estimate of drug-likeness (QED) is 0.920. The lowest BCUT2D eigenvalue weighted by Gasteiger charge is -2.13. The third-order valence-corrected chi connectivity index (χ3v) is 3.24. The highest BCUT2D eigenvalue weighted by atomic mass is 35.5. The van der Waals surface area contributed by atoms with E-state index in [1.165, 1.54) is 0 Å². The van der Waals surface area contributed by atoms with Gasteiger partial charge >= 0.3 is 0 Å². The maximum atomic E-state index is 6.08. The van der Waals surface area contributed by atoms with Crippen LogP contribution < -0.4 is 10.5 Å². The van der Waals surface area contributed by atoms with E-state index in [2.05, 4.69) is 24.2 Å². The van der Waals surface area contributed by atoms with Crippen LogP contribution in [-0.2, 0) is 13.0 Å². The molecule has 0 bridgehead atoms. The number of methoxy groups -OCH3 is 1. The molecule has 108 valence electrons. The van der Waals surface area contributed by atoms with Crippen LogP contribution in [0.25, 0.3) is 5.69 Å². The minimum atomic E-state index is 0.366. The number of halogens is 1. The molecule has 0 amide bonds. The van der Waals surface area contributed by atoms with E-state index in [4.69, 9.17) is 22.1 Å². The molecule has 2 rings (SSSR count). The van der Waals surface area contributed by atoms with Crippen LogP contribution in [0.2, 0.25) is 5.02 Å². The minimum Gasteiger partial charge on any atom is -0.494 e. The molecule has 2 aromatic rings. The molecule has 0 unspecified atom stereocenters. The zero-order chi connectivity index (χ0) is 14.7. The Kier molecular flexibility index (Phi) is 4.62. The maximum absolute atomic E-state index is 6.08. The topological polar surface area (TPSA) is 66.0 Å². The van der Waals surface area contributed by atoms with Crippen LogP contribution in [-0.4, -0.2) is 22.1 Å². The number of hydrogen-bond acceptors (Lipinski definition) is 4. The Morgan fingerprint density at radius 1 is 1.40 bits per heavy atom. The number of benzene rings is 1. The Morgan fingerprint density at radius 2 is 2.15 bits per heavy atom. The Bertz CT molecular complexity index is 595.